The predicted molar refractivity (Wildman–Crippen MR) is 107 cm³/mol. The van der Waals surface area contributed by atoms with Crippen molar-refractivity contribution in [1.82, 2.24) is 10.3 Å². The van der Waals surface area contributed by atoms with Crippen LogP contribution in [0.5, 0.6) is 5.75 Å². The number of hydrogen-bond donors (Lipinski definition) is 2. The number of ether oxygens (including phenoxy) is 1. The number of nitrogens with one attached hydrogen (secondary N) is 1. The van der Waals surface area contributed by atoms with E-state index >= 15 is 0 Å². The number of phenolic OH excluding ortho intramolecular Hbond substituents is 1. The number of pyridine rings is 1. The number of aromatic hydroxyl groups is 1. The molecule has 0 saturated heterocycles. The minimum atomic E-state index is -0.758. The number of hydrogen-bond acceptors (Lipinski definition) is 5. The second-order valence-corrected chi connectivity index (χ2v) is 6.61. The molecule has 3 aromatic rings. The maximum atomic E-state index is 13.1. The zero-order valence-electron chi connectivity index (χ0n) is 16.2. The zero-order valence-corrected chi connectivity index (χ0v) is 16.2. The van der Waals surface area contributed by atoms with Crippen molar-refractivity contribution >= 4 is 22.8 Å². The lowest BCUT2D eigenvalue weighted by Crippen LogP contribution is -2.24. The van der Waals surface area contributed by atoms with Gasteiger partial charge in [0.15, 0.2) is 5.75 Å². The van der Waals surface area contributed by atoms with Crippen LogP contribution >= 0.6 is 0 Å². The summed E-state index contributed by atoms with van der Waals surface area (Å²) in [6, 6.07) is 9.16. The van der Waals surface area contributed by atoms with Gasteiger partial charge in [-0.2, -0.15) is 0 Å². The van der Waals surface area contributed by atoms with E-state index < -0.39 is 5.97 Å². The first-order chi connectivity index (χ1) is 13.9. The Hall–Kier alpha value is -3.48. The minimum Gasteiger partial charge on any atom is -0.505 e. The summed E-state index contributed by atoms with van der Waals surface area (Å²) in [5, 5.41) is 13.7. The number of fused-ring (bicyclic) bond motifs is 1. The standard InChI is InChI=1S/C22H21FN2O4/c1-3-8-24-21(27)17-11-18(22(28)29-2)20(26)19-16(17)10-14(12-25-19)9-13-4-6-15(23)7-5-13/h4-7,10-12,26H,3,8-9H2,1-2H3,(H,24,27). The molecule has 0 radical (unpaired) electrons. The van der Waals surface area contributed by atoms with E-state index in [4.69, 9.17) is 4.74 Å². The van der Waals surface area contributed by atoms with E-state index in [1.54, 1.807) is 24.4 Å². The Morgan fingerprint density at radius 2 is 1.86 bits per heavy atom. The van der Waals surface area contributed by atoms with E-state index in [2.05, 4.69) is 10.3 Å². The van der Waals surface area contributed by atoms with Gasteiger partial charge in [-0.15, -0.1) is 0 Å². The van der Waals surface area contributed by atoms with Crippen LogP contribution in [-0.2, 0) is 11.2 Å². The van der Waals surface area contributed by atoms with Gasteiger partial charge in [-0.3, -0.25) is 9.78 Å². The van der Waals surface area contributed by atoms with Gasteiger partial charge in [0, 0.05) is 23.7 Å². The highest BCUT2D eigenvalue weighted by Crippen LogP contribution is 2.32. The fourth-order valence-corrected chi connectivity index (χ4v) is 3.04. The number of rotatable bonds is 6. The summed E-state index contributed by atoms with van der Waals surface area (Å²) in [4.78, 5) is 29.0. The number of methoxy groups -OCH3 is 1. The Morgan fingerprint density at radius 3 is 2.52 bits per heavy atom. The van der Waals surface area contributed by atoms with Gasteiger partial charge in [0.2, 0.25) is 0 Å². The molecule has 1 heterocycles. The van der Waals surface area contributed by atoms with E-state index in [0.717, 1.165) is 17.5 Å². The molecule has 0 bridgehead atoms. The molecule has 7 heteroatoms. The summed E-state index contributed by atoms with van der Waals surface area (Å²) in [6.07, 6.45) is 2.78. The van der Waals surface area contributed by atoms with Gasteiger partial charge in [0.25, 0.3) is 5.91 Å². The summed E-state index contributed by atoms with van der Waals surface area (Å²) in [5.41, 5.74) is 1.89. The molecule has 0 unspecified atom stereocenters. The molecule has 1 amide bonds. The second kappa shape index (κ2) is 8.68. The summed E-state index contributed by atoms with van der Waals surface area (Å²) in [5.74, 6) is -1.79. The zero-order chi connectivity index (χ0) is 21.0. The van der Waals surface area contributed by atoms with Crippen LogP contribution in [0.2, 0.25) is 0 Å². The topological polar surface area (TPSA) is 88.5 Å². The normalized spacial score (nSPS) is 10.7. The number of halogens is 1. The third-order valence-corrected chi connectivity index (χ3v) is 4.51. The molecule has 6 nitrogen and oxygen atoms in total. The van der Waals surface area contributed by atoms with Gasteiger partial charge >= 0.3 is 5.97 Å². The van der Waals surface area contributed by atoms with Gasteiger partial charge in [-0.05, 0) is 48.2 Å². The number of amides is 1. The number of nitrogens with zero attached hydrogens (tertiary/aromatic N) is 1. The highest BCUT2D eigenvalue weighted by molar-refractivity contribution is 6.11. The predicted octanol–water partition coefficient (Wildman–Crippen LogP) is 3.60. The Balaban J connectivity index is 2.11. The molecular formula is C22H21FN2O4. The number of esters is 1. The Kier molecular flexibility index (Phi) is 6.07. The van der Waals surface area contributed by atoms with Gasteiger partial charge < -0.3 is 15.2 Å². The minimum absolute atomic E-state index is 0.125. The van der Waals surface area contributed by atoms with Crippen LogP contribution in [-0.4, -0.2) is 35.6 Å². The molecular weight excluding hydrogens is 375 g/mol. The van der Waals surface area contributed by atoms with Crippen LogP contribution in [0.4, 0.5) is 4.39 Å². The van der Waals surface area contributed by atoms with Gasteiger partial charge in [0.05, 0.1) is 7.11 Å². The first kappa shape index (κ1) is 20.3. The molecule has 0 aliphatic heterocycles. The van der Waals surface area contributed by atoms with Crippen LogP contribution < -0.4 is 5.32 Å². The molecule has 0 aliphatic carbocycles. The summed E-state index contributed by atoms with van der Waals surface area (Å²) >= 11 is 0. The van der Waals surface area contributed by atoms with E-state index in [0.29, 0.717) is 18.4 Å². The summed E-state index contributed by atoms with van der Waals surface area (Å²) in [7, 11) is 1.20. The van der Waals surface area contributed by atoms with E-state index in [1.165, 1.54) is 25.3 Å². The summed E-state index contributed by atoms with van der Waals surface area (Å²) < 4.78 is 17.8. The molecule has 0 saturated carbocycles. The van der Waals surface area contributed by atoms with Crippen LogP contribution in [0, 0.1) is 5.82 Å². The fraction of sp³-hybridized carbons (Fsp3) is 0.227. The number of aromatic nitrogens is 1. The summed E-state index contributed by atoms with van der Waals surface area (Å²) in [6.45, 7) is 2.40. The van der Waals surface area contributed by atoms with E-state index in [1.807, 2.05) is 6.92 Å². The highest BCUT2D eigenvalue weighted by atomic mass is 19.1. The number of carbonyl (C=O) groups is 2. The van der Waals surface area contributed by atoms with Gasteiger partial charge in [0.1, 0.15) is 16.9 Å². The van der Waals surface area contributed by atoms with Gasteiger partial charge in [-0.25, -0.2) is 9.18 Å². The molecule has 150 valence electrons. The number of phenols is 1. The first-order valence-corrected chi connectivity index (χ1v) is 9.20. The van der Waals surface area contributed by atoms with E-state index in [-0.39, 0.29) is 34.1 Å². The molecule has 2 N–H and O–H groups in total. The van der Waals surface area contributed by atoms with Crippen LogP contribution in [0.25, 0.3) is 10.9 Å². The smallest absolute Gasteiger partial charge is 0.341 e. The van der Waals surface area contributed by atoms with Crippen molar-refractivity contribution in [1.29, 1.82) is 0 Å². The number of carbonyl (C=O) groups excluding carboxylic acids is 2. The van der Waals surface area contributed by atoms with Crippen molar-refractivity contribution in [3.8, 4) is 5.75 Å². The van der Waals surface area contributed by atoms with Crippen molar-refractivity contribution in [3.05, 3.63) is 70.7 Å². The lowest BCUT2D eigenvalue weighted by molar-refractivity contribution is 0.0597. The Labute approximate surface area is 167 Å². The van der Waals surface area contributed by atoms with Gasteiger partial charge in [-0.1, -0.05) is 19.1 Å². The fourth-order valence-electron chi connectivity index (χ4n) is 3.04. The molecule has 0 fully saturated rings. The third kappa shape index (κ3) is 4.34. The highest BCUT2D eigenvalue weighted by Gasteiger charge is 2.22. The second-order valence-electron chi connectivity index (χ2n) is 6.61. The molecule has 1 aromatic heterocycles. The monoisotopic (exact) mass is 396 g/mol. The van der Waals surface area contributed by atoms with Crippen molar-refractivity contribution in [2.75, 3.05) is 13.7 Å². The average Bonchev–Trinajstić information content (AvgIpc) is 2.73. The van der Waals surface area contributed by atoms with Crippen LogP contribution in [0.3, 0.4) is 0 Å². The lowest BCUT2D eigenvalue weighted by Gasteiger charge is -2.13. The lowest BCUT2D eigenvalue weighted by atomic mass is 9.98. The van der Waals surface area contributed by atoms with Crippen molar-refractivity contribution in [2.45, 2.75) is 19.8 Å². The maximum Gasteiger partial charge on any atom is 0.341 e. The van der Waals surface area contributed by atoms with E-state index in [9.17, 15) is 19.1 Å². The molecule has 0 spiro atoms. The Bertz CT molecular complexity index is 1060. The van der Waals surface area contributed by atoms with Crippen LogP contribution in [0.1, 0.15) is 45.2 Å². The SMILES string of the molecule is CCCNC(=O)c1cc(C(=O)OC)c(O)c2ncc(Cc3ccc(F)cc3)cc12. The largest absolute Gasteiger partial charge is 0.505 e. The molecule has 2 aromatic carbocycles. The van der Waals surface area contributed by atoms with Crippen LogP contribution in [0.15, 0.2) is 42.6 Å². The molecule has 0 atom stereocenters. The van der Waals surface area contributed by atoms with Crippen molar-refractivity contribution in [2.24, 2.45) is 0 Å². The molecule has 0 aliphatic rings. The third-order valence-electron chi connectivity index (χ3n) is 4.51. The van der Waals surface area contributed by atoms with Crippen molar-refractivity contribution in [3.63, 3.8) is 0 Å². The first-order valence-electron chi connectivity index (χ1n) is 9.20. The Morgan fingerprint density at radius 1 is 1.14 bits per heavy atom. The molecule has 29 heavy (non-hydrogen) atoms. The average molecular weight is 396 g/mol. The van der Waals surface area contributed by atoms with Crippen molar-refractivity contribution < 1.29 is 23.8 Å². The molecule has 3 rings (SSSR count). The quantitative estimate of drug-likeness (QED) is 0.622. The number of benzene rings is 2. The maximum absolute atomic E-state index is 13.1.